The van der Waals surface area contributed by atoms with Crippen molar-refractivity contribution in [3.05, 3.63) is 62.9 Å². The summed E-state index contributed by atoms with van der Waals surface area (Å²) in [4.78, 5) is 24.0. The molecule has 7 nitrogen and oxygen atoms in total. The number of aliphatic hydroxyl groups excluding tert-OH is 1. The molecular weight excluding hydrogens is 276 g/mol. The molecule has 112 valence electrons. The molecule has 0 saturated heterocycles. The van der Waals surface area contributed by atoms with Crippen LogP contribution in [0.1, 0.15) is 12.0 Å². The fourth-order valence-corrected chi connectivity index (χ4v) is 1.87. The van der Waals surface area contributed by atoms with E-state index in [0.717, 1.165) is 14.7 Å². The van der Waals surface area contributed by atoms with Gasteiger partial charge in [-0.25, -0.2) is 4.79 Å². The lowest BCUT2D eigenvalue weighted by atomic mass is 10.2. The van der Waals surface area contributed by atoms with Gasteiger partial charge >= 0.3 is 5.69 Å². The molecule has 2 aromatic rings. The van der Waals surface area contributed by atoms with Gasteiger partial charge in [0, 0.05) is 19.4 Å². The number of methoxy groups -OCH3 is 2. The lowest BCUT2D eigenvalue weighted by Crippen LogP contribution is -2.41. The van der Waals surface area contributed by atoms with Gasteiger partial charge in [0.05, 0.1) is 13.7 Å². The fraction of sp³-hybridized carbons (Fsp3) is 0.286. The molecule has 2 rings (SSSR count). The van der Waals surface area contributed by atoms with E-state index in [1.165, 1.54) is 19.4 Å². The summed E-state index contributed by atoms with van der Waals surface area (Å²) in [5.41, 5.74) is -0.331. The van der Waals surface area contributed by atoms with E-state index in [0.29, 0.717) is 5.75 Å². The van der Waals surface area contributed by atoms with Crippen LogP contribution in [-0.2, 0) is 11.3 Å². The zero-order valence-corrected chi connectivity index (χ0v) is 11.7. The molecule has 0 fully saturated rings. The van der Waals surface area contributed by atoms with Gasteiger partial charge in [0.1, 0.15) is 5.75 Å². The maximum atomic E-state index is 12.2. The van der Waals surface area contributed by atoms with Gasteiger partial charge in [0.15, 0.2) is 0 Å². The van der Waals surface area contributed by atoms with Crippen molar-refractivity contribution in [3.8, 4) is 5.75 Å². The Labute approximate surface area is 120 Å². The van der Waals surface area contributed by atoms with Crippen molar-refractivity contribution in [3.63, 3.8) is 0 Å². The summed E-state index contributed by atoms with van der Waals surface area (Å²) in [6.45, 7) is 0.0962. The molecule has 0 aliphatic carbocycles. The van der Waals surface area contributed by atoms with Gasteiger partial charge in [0.25, 0.3) is 5.56 Å². The van der Waals surface area contributed by atoms with Crippen LogP contribution in [0, 0.1) is 0 Å². The van der Waals surface area contributed by atoms with E-state index in [1.54, 1.807) is 31.4 Å². The van der Waals surface area contributed by atoms with Crippen LogP contribution in [0.5, 0.6) is 5.75 Å². The van der Waals surface area contributed by atoms with Crippen molar-refractivity contribution in [2.45, 2.75) is 13.0 Å². The standard InChI is InChI=1S/C14H16N2O5/c1-20-11-5-3-10(4-6-11)9-16-12(17)7-8-15(13(16)18)14(19)21-2/h3-8,14,19H,9H2,1-2H3. The molecule has 21 heavy (non-hydrogen) atoms. The summed E-state index contributed by atoms with van der Waals surface area (Å²) in [7, 11) is 2.82. The van der Waals surface area contributed by atoms with Crippen LogP contribution in [0.3, 0.4) is 0 Å². The van der Waals surface area contributed by atoms with E-state index in [2.05, 4.69) is 4.74 Å². The average Bonchev–Trinajstić information content (AvgIpc) is 2.51. The zero-order valence-electron chi connectivity index (χ0n) is 11.7. The van der Waals surface area contributed by atoms with E-state index < -0.39 is 17.7 Å². The Morgan fingerprint density at radius 2 is 1.81 bits per heavy atom. The fourth-order valence-electron chi connectivity index (χ4n) is 1.87. The molecule has 1 unspecified atom stereocenters. The smallest absolute Gasteiger partial charge is 0.335 e. The predicted molar refractivity (Wildman–Crippen MR) is 75.3 cm³/mol. The third-order valence-corrected chi connectivity index (χ3v) is 3.04. The lowest BCUT2D eigenvalue weighted by Gasteiger charge is -2.13. The molecule has 1 atom stereocenters. The van der Waals surface area contributed by atoms with Crippen molar-refractivity contribution >= 4 is 0 Å². The second-order valence-corrected chi connectivity index (χ2v) is 4.34. The van der Waals surface area contributed by atoms with Crippen molar-refractivity contribution in [2.24, 2.45) is 0 Å². The highest BCUT2D eigenvalue weighted by Crippen LogP contribution is 2.11. The van der Waals surface area contributed by atoms with Gasteiger partial charge in [-0.05, 0) is 17.7 Å². The molecule has 1 N–H and O–H groups in total. The summed E-state index contributed by atoms with van der Waals surface area (Å²) in [5.74, 6) is 0.686. The number of benzene rings is 1. The number of rotatable bonds is 5. The summed E-state index contributed by atoms with van der Waals surface area (Å²) < 4.78 is 11.7. The highest BCUT2D eigenvalue weighted by molar-refractivity contribution is 5.27. The first-order valence-corrected chi connectivity index (χ1v) is 6.22. The molecule has 0 bridgehead atoms. The molecule has 0 radical (unpaired) electrons. The number of nitrogens with zero attached hydrogens (tertiary/aromatic N) is 2. The number of ether oxygens (including phenoxy) is 2. The van der Waals surface area contributed by atoms with E-state index in [1.807, 2.05) is 0 Å². The van der Waals surface area contributed by atoms with Crippen LogP contribution in [0.2, 0.25) is 0 Å². The summed E-state index contributed by atoms with van der Waals surface area (Å²) in [5, 5.41) is 9.57. The van der Waals surface area contributed by atoms with Gasteiger partial charge in [-0.3, -0.25) is 13.9 Å². The van der Waals surface area contributed by atoms with Crippen LogP contribution in [0.25, 0.3) is 0 Å². The molecule has 1 aromatic carbocycles. The van der Waals surface area contributed by atoms with Crippen LogP contribution in [-0.4, -0.2) is 28.5 Å². The molecule has 0 saturated carbocycles. The molecule has 0 amide bonds. The maximum absolute atomic E-state index is 12.2. The Kier molecular flexibility index (Phi) is 4.56. The Bertz CT molecular complexity index is 717. The molecule has 0 aliphatic rings. The zero-order chi connectivity index (χ0) is 15.4. The molecule has 1 heterocycles. The van der Waals surface area contributed by atoms with Gasteiger partial charge in [0.2, 0.25) is 6.41 Å². The second-order valence-electron chi connectivity index (χ2n) is 4.34. The first-order valence-electron chi connectivity index (χ1n) is 6.22. The Morgan fingerprint density at radius 3 is 2.38 bits per heavy atom. The molecule has 7 heteroatoms. The van der Waals surface area contributed by atoms with Crippen LogP contribution in [0.4, 0.5) is 0 Å². The van der Waals surface area contributed by atoms with Crippen molar-refractivity contribution in [2.75, 3.05) is 14.2 Å². The number of aromatic nitrogens is 2. The quantitative estimate of drug-likeness (QED) is 0.794. The van der Waals surface area contributed by atoms with E-state index in [4.69, 9.17) is 4.74 Å². The SMILES string of the molecule is COc1ccc(Cn2c(=O)ccn(C(O)OC)c2=O)cc1. The predicted octanol–water partition coefficient (Wildman–Crippen LogP) is 0.162. The third-order valence-electron chi connectivity index (χ3n) is 3.04. The third kappa shape index (κ3) is 3.21. The normalized spacial score (nSPS) is 12.1. The van der Waals surface area contributed by atoms with Crippen molar-refractivity contribution < 1.29 is 14.6 Å². The minimum Gasteiger partial charge on any atom is -0.497 e. The number of aliphatic hydroxyl groups is 1. The Balaban J connectivity index is 2.39. The first kappa shape index (κ1) is 15.0. The van der Waals surface area contributed by atoms with Crippen LogP contribution < -0.4 is 16.0 Å². The minimum atomic E-state index is -1.43. The van der Waals surface area contributed by atoms with Gasteiger partial charge in [-0.1, -0.05) is 12.1 Å². The van der Waals surface area contributed by atoms with Crippen molar-refractivity contribution in [1.29, 1.82) is 0 Å². The van der Waals surface area contributed by atoms with Crippen LogP contribution in [0.15, 0.2) is 46.1 Å². The summed E-state index contributed by atoms with van der Waals surface area (Å²) >= 11 is 0. The van der Waals surface area contributed by atoms with Gasteiger partial charge < -0.3 is 14.6 Å². The van der Waals surface area contributed by atoms with E-state index in [9.17, 15) is 14.7 Å². The molecule has 1 aromatic heterocycles. The average molecular weight is 292 g/mol. The number of hydrogen-bond acceptors (Lipinski definition) is 5. The van der Waals surface area contributed by atoms with E-state index in [-0.39, 0.29) is 6.54 Å². The maximum Gasteiger partial charge on any atom is 0.335 e. The molecule has 0 spiro atoms. The largest absolute Gasteiger partial charge is 0.497 e. The Morgan fingerprint density at radius 1 is 1.14 bits per heavy atom. The second kappa shape index (κ2) is 6.38. The monoisotopic (exact) mass is 292 g/mol. The Hall–Kier alpha value is -2.38. The highest BCUT2D eigenvalue weighted by Gasteiger charge is 2.11. The van der Waals surface area contributed by atoms with Crippen molar-refractivity contribution in [1.82, 2.24) is 9.13 Å². The summed E-state index contributed by atoms with van der Waals surface area (Å²) in [6.07, 6.45) is -0.233. The van der Waals surface area contributed by atoms with Gasteiger partial charge in [-0.15, -0.1) is 0 Å². The van der Waals surface area contributed by atoms with E-state index >= 15 is 0 Å². The highest BCUT2D eigenvalue weighted by atomic mass is 16.6. The minimum absolute atomic E-state index is 0.0962. The molecule has 0 aliphatic heterocycles. The van der Waals surface area contributed by atoms with Gasteiger partial charge in [-0.2, -0.15) is 0 Å². The van der Waals surface area contributed by atoms with Crippen LogP contribution >= 0.6 is 0 Å². The first-order chi connectivity index (χ1) is 10.1. The summed E-state index contributed by atoms with van der Waals surface area (Å²) in [6, 6.07) is 8.20. The number of hydrogen-bond donors (Lipinski definition) is 1. The topological polar surface area (TPSA) is 82.7 Å². The molecular formula is C14H16N2O5. The lowest BCUT2D eigenvalue weighted by molar-refractivity contribution is -0.134.